The minimum atomic E-state index is -2.86. The Labute approximate surface area is 770 Å². The van der Waals surface area contributed by atoms with Crippen LogP contribution in [0.3, 0.4) is 0 Å². The second-order valence-electron chi connectivity index (χ2n) is 36.9. The molecule has 132 heavy (non-hydrogen) atoms. The van der Waals surface area contributed by atoms with Crippen LogP contribution >= 0.6 is 11.8 Å². The quantitative estimate of drug-likeness (QED) is 0.125. The van der Waals surface area contributed by atoms with Gasteiger partial charge in [-0.15, -0.1) is 11.8 Å². The van der Waals surface area contributed by atoms with Gasteiger partial charge in [-0.3, -0.25) is 22.0 Å². The maximum Gasteiger partial charge on any atom is 0.365 e. The third-order valence-corrected chi connectivity index (χ3v) is 40.4. The van der Waals surface area contributed by atoms with Crippen LogP contribution in [0.15, 0.2) is 308 Å². The van der Waals surface area contributed by atoms with E-state index < -0.39 is 25.0 Å². The lowest BCUT2D eigenvalue weighted by Gasteiger charge is -2.37. The molecule has 0 N–H and O–H groups in total. The summed E-state index contributed by atoms with van der Waals surface area (Å²) in [5.74, 6) is 3.79. The summed E-state index contributed by atoms with van der Waals surface area (Å²) in [4.78, 5) is 24.9. The number of thioether (sulfide) groups is 1. The van der Waals surface area contributed by atoms with Gasteiger partial charge >= 0.3 is 16.6 Å². The van der Waals surface area contributed by atoms with Crippen molar-refractivity contribution in [2.75, 3.05) is 0 Å². The van der Waals surface area contributed by atoms with Crippen LogP contribution < -0.4 is 49.7 Å². The molecule has 5 aliphatic rings. The monoisotopic (exact) mass is 1780 g/mol. The summed E-state index contributed by atoms with van der Waals surface area (Å²) in [5.41, 5.74) is 27.8. The van der Waals surface area contributed by atoms with Gasteiger partial charge < -0.3 is 13.3 Å². The van der Waals surface area contributed by atoms with Crippen LogP contribution in [0.25, 0.3) is 137 Å². The molecule has 0 saturated carbocycles. The van der Waals surface area contributed by atoms with Crippen molar-refractivity contribution in [1.29, 1.82) is 0 Å². The minimum Gasteiger partial charge on any atom is -0.528 e. The average Bonchev–Trinajstić information content (AvgIpc) is 1.47. The number of pyridine rings is 5. The fraction of sp³-hybridized carbons (Fsp3) is 0.139. The Morgan fingerprint density at radius 1 is 0.273 bits per heavy atom. The second-order valence-corrected chi connectivity index (χ2v) is 48.1. The van der Waals surface area contributed by atoms with Crippen LogP contribution in [-0.2, 0) is 18.6 Å². The van der Waals surface area contributed by atoms with Gasteiger partial charge in [0.05, 0.1) is 61.4 Å². The predicted octanol–water partition coefficient (Wildman–Crippen LogP) is 22.9. The Hall–Kier alpha value is -14.5. The van der Waals surface area contributed by atoms with E-state index >= 15 is 0 Å². The first-order chi connectivity index (χ1) is 64.4. The van der Waals surface area contributed by atoms with Crippen molar-refractivity contribution in [1.82, 2.24) is 46.9 Å². The number of rotatable bonds is 4. The van der Waals surface area contributed by atoms with Crippen molar-refractivity contribution < 1.29 is 13.3 Å². The highest BCUT2D eigenvalue weighted by Crippen LogP contribution is 2.47. The molecule has 14 aromatic carbocycles. The molecule has 15 heterocycles. The molecular formula is C115H94N10O3SSi3. The highest BCUT2D eigenvalue weighted by Gasteiger charge is 2.52. The molecule has 13 nitrogen and oxygen atoms in total. The maximum atomic E-state index is 7.28. The van der Waals surface area contributed by atoms with E-state index in [1.165, 1.54) is 196 Å². The zero-order valence-electron chi connectivity index (χ0n) is 75.8. The van der Waals surface area contributed by atoms with Crippen LogP contribution in [-0.4, -0.2) is 71.9 Å². The zero-order chi connectivity index (χ0) is 89.2. The molecule has 640 valence electrons. The molecule has 10 aromatic heterocycles. The van der Waals surface area contributed by atoms with E-state index in [1.54, 1.807) is 0 Å². The number of hydrogen-bond acceptors (Lipinski definition) is 9. The first-order valence-electron chi connectivity index (χ1n) is 46.0. The number of benzene rings is 14. The van der Waals surface area contributed by atoms with Gasteiger partial charge in [0.25, 0.3) is 8.32 Å². The lowest BCUT2D eigenvalue weighted by molar-refractivity contribution is 0.527. The number of nitrogens with zero attached hydrogens (tertiary/aromatic N) is 10. The molecule has 0 bridgehead atoms. The molecule has 0 amide bonds. The summed E-state index contributed by atoms with van der Waals surface area (Å²) in [5, 5.41) is 29.3. The van der Waals surface area contributed by atoms with Crippen LogP contribution in [0.5, 0.6) is 17.5 Å². The summed E-state index contributed by atoms with van der Waals surface area (Å²) in [6.45, 7) is 26.1. The van der Waals surface area contributed by atoms with Crippen molar-refractivity contribution >= 4 is 210 Å². The van der Waals surface area contributed by atoms with E-state index in [2.05, 4.69) is 401 Å². The molecule has 0 atom stereocenters. The van der Waals surface area contributed by atoms with Crippen molar-refractivity contribution in [2.24, 2.45) is 0 Å². The minimum absolute atomic E-state index is 0.873. The SMILES string of the molecule is Cc1nc2c3ccccc3c3c(C)ccc4c3n2c1CCC4.Cc1nc2c3ccccc3c3c(C)ccc4c3n2c1O[Si]4(C)C.Cc1nc2c3ccccc3c3c(C)ccc4c3n2c1O[Si]4(c1ccccc1)c1ccccc1.Cc1nc2c3ccccc3c3c(C)ccc4c3n2c1SC4.Cc1nc2c3ccccc3c3c(C)ccc4c3n2c1[Si](c1ccccc1)(c1ccccc1)O4. The van der Waals surface area contributed by atoms with Gasteiger partial charge in [0.15, 0.2) is 0 Å². The third kappa shape index (κ3) is 11.3. The Morgan fingerprint density at radius 2 is 0.621 bits per heavy atom. The Morgan fingerprint density at radius 3 is 1.11 bits per heavy atom. The molecule has 0 radical (unpaired) electrons. The van der Waals surface area contributed by atoms with Crippen molar-refractivity contribution in [3.8, 4) is 17.5 Å². The molecule has 0 unspecified atom stereocenters. The fourth-order valence-electron chi connectivity index (χ4n) is 23.0. The van der Waals surface area contributed by atoms with Crippen LogP contribution in [0.4, 0.5) is 0 Å². The third-order valence-electron chi connectivity index (χ3n) is 28.8. The lowest BCUT2D eigenvalue weighted by Crippen LogP contribution is -2.74. The number of imidazole rings is 5. The normalized spacial score (nSPS) is 14.4. The van der Waals surface area contributed by atoms with E-state index in [9.17, 15) is 0 Å². The van der Waals surface area contributed by atoms with Gasteiger partial charge in [-0.25, -0.2) is 24.9 Å². The molecule has 0 spiro atoms. The lowest BCUT2D eigenvalue weighted by atomic mass is 9.97. The van der Waals surface area contributed by atoms with Crippen molar-refractivity contribution in [3.63, 3.8) is 0 Å². The smallest absolute Gasteiger partial charge is 0.365 e. The second kappa shape index (κ2) is 29.8. The van der Waals surface area contributed by atoms with E-state index in [1.807, 2.05) is 18.7 Å². The van der Waals surface area contributed by atoms with E-state index in [4.69, 9.17) is 38.2 Å². The Balaban J connectivity index is 0.0000000898. The molecule has 5 aliphatic heterocycles. The number of hydrogen-bond donors (Lipinski definition) is 0. The van der Waals surface area contributed by atoms with Crippen LogP contribution in [0.1, 0.15) is 79.5 Å². The average molecular weight is 1780 g/mol. The number of aryl methyl sites for hydroxylation is 12. The maximum absolute atomic E-state index is 7.28. The van der Waals surface area contributed by atoms with Crippen molar-refractivity contribution in [2.45, 2.75) is 112 Å². The molecule has 24 aromatic rings. The summed E-state index contributed by atoms with van der Waals surface area (Å²) in [6.07, 6.45) is 3.48. The molecule has 0 saturated heterocycles. The van der Waals surface area contributed by atoms with Crippen LogP contribution in [0, 0.1) is 69.2 Å². The standard InChI is InChI=1S/2C29H22N2OSi.C20H18N2.C19H18N2OSi.C18H14N2S/c1-19-17-18-25-27-26(19)23-15-9-10-16-24(23)28-30-20(2)29(31(27)28)32-33(25,21-11-5-3-6-12-21)22-13-7-4-8-14-22;1-19-17-18-25-27-26(19)23-15-9-10-16-24(23)28-30-20(2)29(31(27)28)33(32-25,21-11-5-3-6-12-21)22-13-7-4-8-14-22;1-12-10-11-14-6-5-9-17-13(2)21-20-16-8-4-3-7-15(16)18(12)19(14)22(17)20;1-11-9-10-15-17-16(11)13-7-5-6-8-14(13)18-20-12(2)19(21(17)18)22-23(15,3)4;1-10-7-8-12-9-21-18-11(2)19-17-14-6-4-3-5-13(14)15(10)16(12)20(17)18/h2*3-18H,1-2H3;3-4,7-8,10-11H,5-6,9H2,1-2H3;5-10H,1-4H3;3-8H,9H2,1-2H3. The predicted molar refractivity (Wildman–Crippen MR) is 554 cm³/mol. The largest absolute Gasteiger partial charge is 0.528 e. The Bertz CT molecular complexity index is 9020. The summed E-state index contributed by atoms with van der Waals surface area (Å²) >= 11 is 1.90. The fourth-order valence-corrected chi connectivity index (χ4v) is 34.3. The summed E-state index contributed by atoms with van der Waals surface area (Å²) in [6, 6.07) is 109. The summed E-state index contributed by atoms with van der Waals surface area (Å²) < 4.78 is 32.8. The van der Waals surface area contributed by atoms with Crippen molar-refractivity contribution in [3.05, 3.63) is 376 Å². The zero-order valence-corrected chi connectivity index (χ0v) is 79.6. The van der Waals surface area contributed by atoms with E-state index in [-0.39, 0.29) is 0 Å². The van der Waals surface area contributed by atoms with Gasteiger partial charge in [0, 0.05) is 75.7 Å². The Kier molecular flexibility index (Phi) is 18.0. The van der Waals surface area contributed by atoms with Gasteiger partial charge in [-0.05, 0) is 194 Å². The van der Waals surface area contributed by atoms with E-state index in [0.717, 1.165) is 98.0 Å². The first kappa shape index (κ1) is 79.7. The number of fused-ring (bicyclic) bond motifs is 15. The highest BCUT2D eigenvalue weighted by molar-refractivity contribution is 7.98. The van der Waals surface area contributed by atoms with Crippen LogP contribution in [0.2, 0.25) is 13.1 Å². The van der Waals surface area contributed by atoms with Gasteiger partial charge in [-0.1, -0.05) is 297 Å². The summed E-state index contributed by atoms with van der Waals surface area (Å²) in [7, 11) is -7.67. The van der Waals surface area contributed by atoms with E-state index in [0.29, 0.717) is 0 Å². The van der Waals surface area contributed by atoms with Gasteiger partial charge in [0.2, 0.25) is 11.8 Å². The van der Waals surface area contributed by atoms with Gasteiger partial charge in [-0.2, -0.15) is 0 Å². The molecule has 0 aliphatic carbocycles. The molecule has 0 fully saturated rings. The topological polar surface area (TPSA) is 114 Å². The van der Waals surface area contributed by atoms with Gasteiger partial charge in [0.1, 0.15) is 39.0 Å². The first-order valence-corrected chi connectivity index (χ1v) is 53.7. The highest BCUT2D eigenvalue weighted by atomic mass is 32.2. The molecule has 17 heteroatoms. The molecule has 29 rings (SSSR count). The molecular weight excluding hydrogens is 1690 g/mol. The number of aromatic nitrogens is 10.